The van der Waals surface area contributed by atoms with Gasteiger partial charge in [0.1, 0.15) is 0 Å². The van der Waals surface area contributed by atoms with Crippen LogP contribution in [0.5, 0.6) is 0 Å². The maximum atomic E-state index is 11.0. The van der Waals surface area contributed by atoms with Crippen molar-refractivity contribution in [3.63, 3.8) is 0 Å². The molecule has 0 spiro atoms. The number of hydrogen-bond acceptors (Lipinski definition) is 1. The molecule has 0 saturated heterocycles. The second kappa shape index (κ2) is 3.04. The third-order valence-electron chi connectivity index (χ3n) is 1.98. The standard InChI is InChI=1S/C8H15NO.H2/c1-6(2)8(10)9-7-4-3-5-7;/h6-7H,3-5H2,1-2H3,(H,9,10);1H. The van der Waals surface area contributed by atoms with Crippen molar-refractivity contribution in [2.45, 2.75) is 39.2 Å². The van der Waals surface area contributed by atoms with E-state index in [0.29, 0.717) is 6.04 Å². The number of nitrogens with one attached hydrogen (secondary N) is 1. The SMILES string of the molecule is CC(C)C(=O)NC1CCC1.[HH]. The second-order valence-corrected chi connectivity index (χ2v) is 3.29. The van der Waals surface area contributed by atoms with Crippen LogP contribution in [0.25, 0.3) is 0 Å². The zero-order valence-corrected chi connectivity index (χ0v) is 6.68. The Morgan fingerprint density at radius 2 is 2.20 bits per heavy atom. The Morgan fingerprint density at radius 3 is 2.50 bits per heavy atom. The highest BCUT2D eigenvalue weighted by Gasteiger charge is 2.20. The lowest BCUT2D eigenvalue weighted by atomic mass is 9.93. The Balaban J connectivity index is 0.000001000. The summed E-state index contributed by atoms with van der Waals surface area (Å²) in [6, 6.07) is 0.495. The Morgan fingerprint density at radius 1 is 1.60 bits per heavy atom. The summed E-state index contributed by atoms with van der Waals surface area (Å²) in [5, 5.41) is 2.98. The van der Waals surface area contributed by atoms with Crippen molar-refractivity contribution in [1.82, 2.24) is 5.32 Å². The third-order valence-corrected chi connectivity index (χ3v) is 1.98. The maximum Gasteiger partial charge on any atom is 0.222 e. The molecule has 1 N–H and O–H groups in total. The van der Waals surface area contributed by atoms with E-state index in [0.717, 1.165) is 0 Å². The maximum absolute atomic E-state index is 11.0. The highest BCUT2D eigenvalue weighted by atomic mass is 16.1. The van der Waals surface area contributed by atoms with Crippen LogP contribution in [0.2, 0.25) is 0 Å². The molecule has 1 aliphatic rings. The van der Waals surface area contributed by atoms with E-state index in [4.69, 9.17) is 0 Å². The lowest BCUT2D eigenvalue weighted by Gasteiger charge is -2.27. The van der Waals surface area contributed by atoms with E-state index in [1.165, 1.54) is 19.3 Å². The fourth-order valence-corrected chi connectivity index (χ4v) is 0.920. The number of hydrogen-bond donors (Lipinski definition) is 1. The van der Waals surface area contributed by atoms with Crippen molar-refractivity contribution in [3.8, 4) is 0 Å². The second-order valence-electron chi connectivity index (χ2n) is 3.29. The van der Waals surface area contributed by atoms with Gasteiger partial charge in [0, 0.05) is 13.4 Å². The van der Waals surface area contributed by atoms with E-state index in [9.17, 15) is 4.79 Å². The molecule has 1 rings (SSSR count). The predicted molar refractivity (Wildman–Crippen MR) is 42.7 cm³/mol. The van der Waals surface area contributed by atoms with E-state index < -0.39 is 0 Å². The lowest BCUT2D eigenvalue weighted by Crippen LogP contribution is -2.41. The molecule has 2 heteroatoms. The van der Waals surface area contributed by atoms with Gasteiger partial charge in [0.15, 0.2) is 0 Å². The fourth-order valence-electron chi connectivity index (χ4n) is 0.920. The average molecular weight is 143 g/mol. The van der Waals surface area contributed by atoms with Crippen LogP contribution in [0.1, 0.15) is 34.5 Å². The lowest BCUT2D eigenvalue weighted by molar-refractivity contribution is -0.125. The number of carbonyl (C=O) groups is 1. The van der Waals surface area contributed by atoms with Gasteiger partial charge in [-0.2, -0.15) is 0 Å². The molecular formula is C8H17NO. The van der Waals surface area contributed by atoms with Crippen LogP contribution in [-0.2, 0) is 4.79 Å². The average Bonchev–Trinajstić information content (AvgIpc) is 1.77. The quantitative estimate of drug-likeness (QED) is 0.624. The highest BCUT2D eigenvalue weighted by molar-refractivity contribution is 5.78. The molecule has 0 atom stereocenters. The first-order valence-electron chi connectivity index (χ1n) is 4.00. The monoisotopic (exact) mass is 143 g/mol. The Bertz CT molecular complexity index is 132. The third kappa shape index (κ3) is 1.72. The first-order chi connectivity index (χ1) is 4.70. The van der Waals surface area contributed by atoms with E-state index in [1.807, 2.05) is 13.8 Å². The molecule has 0 aromatic rings. The molecule has 0 unspecified atom stereocenters. The summed E-state index contributed by atoms with van der Waals surface area (Å²) in [5.74, 6) is 0.338. The minimum Gasteiger partial charge on any atom is -0.353 e. The molecule has 0 aromatic heterocycles. The number of rotatable bonds is 2. The topological polar surface area (TPSA) is 29.1 Å². The molecule has 0 heterocycles. The molecule has 60 valence electrons. The first-order valence-corrected chi connectivity index (χ1v) is 4.00. The van der Waals surface area contributed by atoms with Gasteiger partial charge in [0.25, 0.3) is 0 Å². The summed E-state index contributed by atoms with van der Waals surface area (Å²) >= 11 is 0. The van der Waals surface area contributed by atoms with Gasteiger partial charge in [-0.05, 0) is 19.3 Å². The van der Waals surface area contributed by atoms with Crippen LogP contribution < -0.4 is 5.32 Å². The van der Waals surface area contributed by atoms with Crippen molar-refractivity contribution >= 4 is 5.91 Å². The van der Waals surface area contributed by atoms with E-state index in [2.05, 4.69) is 5.32 Å². The van der Waals surface area contributed by atoms with Gasteiger partial charge >= 0.3 is 0 Å². The minimum absolute atomic E-state index is 0. The Labute approximate surface area is 63.5 Å². The molecule has 1 aliphatic carbocycles. The van der Waals surface area contributed by atoms with Gasteiger partial charge in [-0.3, -0.25) is 4.79 Å². The van der Waals surface area contributed by atoms with E-state index in [1.54, 1.807) is 0 Å². The Kier molecular flexibility index (Phi) is 2.30. The summed E-state index contributed by atoms with van der Waals surface area (Å²) in [7, 11) is 0. The predicted octanol–water partition coefficient (Wildman–Crippen LogP) is 1.56. The van der Waals surface area contributed by atoms with Crippen molar-refractivity contribution < 1.29 is 6.22 Å². The van der Waals surface area contributed by atoms with Crippen molar-refractivity contribution in [1.29, 1.82) is 0 Å². The molecule has 1 saturated carbocycles. The van der Waals surface area contributed by atoms with Crippen molar-refractivity contribution in [2.24, 2.45) is 5.92 Å². The van der Waals surface area contributed by atoms with Crippen LogP contribution >= 0.6 is 0 Å². The largest absolute Gasteiger partial charge is 0.353 e. The summed E-state index contributed by atoms with van der Waals surface area (Å²) < 4.78 is 0. The number of carbonyl (C=O) groups excluding carboxylic acids is 1. The van der Waals surface area contributed by atoms with Crippen LogP contribution in [0, 0.1) is 5.92 Å². The molecule has 0 aromatic carbocycles. The normalized spacial score (nSPS) is 18.7. The molecule has 0 radical (unpaired) electrons. The van der Waals surface area contributed by atoms with Crippen LogP contribution in [0.4, 0.5) is 0 Å². The van der Waals surface area contributed by atoms with Gasteiger partial charge in [0.05, 0.1) is 0 Å². The molecule has 10 heavy (non-hydrogen) atoms. The molecule has 0 aliphatic heterocycles. The van der Waals surface area contributed by atoms with E-state index >= 15 is 0 Å². The van der Waals surface area contributed by atoms with Gasteiger partial charge in [-0.25, -0.2) is 0 Å². The summed E-state index contributed by atoms with van der Waals surface area (Å²) in [4.78, 5) is 11.0. The highest BCUT2D eigenvalue weighted by Crippen LogP contribution is 2.18. The van der Waals surface area contributed by atoms with E-state index in [-0.39, 0.29) is 13.3 Å². The summed E-state index contributed by atoms with van der Waals surface area (Å²) in [6.07, 6.45) is 3.64. The molecule has 1 amide bonds. The summed E-state index contributed by atoms with van der Waals surface area (Å²) in [6.45, 7) is 3.85. The zero-order chi connectivity index (χ0) is 7.56. The van der Waals surface area contributed by atoms with Crippen LogP contribution in [-0.4, -0.2) is 11.9 Å². The smallest absolute Gasteiger partial charge is 0.222 e. The van der Waals surface area contributed by atoms with Crippen molar-refractivity contribution in [2.75, 3.05) is 0 Å². The van der Waals surface area contributed by atoms with Crippen LogP contribution in [0.3, 0.4) is 0 Å². The zero-order valence-electron chi connectivity index (χ0n) is 6.68. The minimum atomic E-state index is 0. The fraction of sp³-hybridized carbons (Fsp3) is 0.875. The molecule has 1 fully saturated rings. The van der Waals surface area contributed by atoms with Gasteiger partial charge in [-0.1, -0.05) is 13.8 Å². The Hall–Kier alpha value is -0.530. The molecule has 0 bridgehead atoms. The molecule has 2 nitrogen and oxygen atoms in total. The summed E-state index contributed by atoms with van der Waals surface area (Å²) in [5.41, 5.74) is 0. The van der Waals surface area contributed by atoms with Crippen molar-refractivity contribution in [3.05, 3.63) is 0 Å². The molecular weight excluding hydrogens is 126 g/mol. The van der Waals surface area contributed by atoms with Gasteiger partial charge in [-0.15, -0.1) is 0 Å². The first kappa shape index (κ1) is 7.58. The van der Waals surface area contributed by atoms with Gasteiger partial charge in [0.2, 0.25) is 5.91 Å². The number of amides is 1. The van der Waals surface area contributed by atoms with Crippen LogP contribution in [0.15, 0.2) is 0 Å². The van der Waals surface area contributed by atoms with Gasteiger partial charge < -0.3 is 5.32 Å².